The molecule has 0 saturated carbocycles. The normalized spacial score (nSPS) is 14.2. The van der Waals surface area contributed by atoms with Gasteiger partial charge in [0, 0.05) is 12.6 Å². The van der Waals surface area contributed by atoms with Gasteiger partial charge in [0.05, 0.1) is 12.3 Å². The van der Waals surface area contributed by atoms with Gasteiger partial charge in [-0.15, -0.1) is 0 Å². The lowest BCUT2D eigenvalue weighted by Gasteiger charge is -2.17. The van der Waals surface area contributed by atoms with E-state index in [2.05, 4.69) is 29.5 Å². The molecule has 0 aliphatic heterocycles. The highest BCUT2D eigenvalue weighted by molar-refractivity contribution is 7.89. The van der Waals surface area contributed by atoms with Crippen molar-refractivity contribution >= 4 is 16.0 Å². The fourth-order valence-electron chi connectivity index (χ4n) is 1.61. The van der Waals surface area contributed by atoms with Crippen LogP contribution in [0, 0.1) is 0 Å². The molecule has 0 aliphatic rings. The summed E-state index contributed by atoms with van der Waals surface area (Å²) < 4.78 is 21.7. The Hall–Kier alpha value is -0.820. The molecule has 0 heterocycles. The number of nitrogens with zero attached hydrogens (tertiary/aromatic N) is 1. The number of guanidine groups is 1. The lowest BCUT2D eigenvalue weighted by atomic mass is 10.1. The van der Waals surface area contributed by atoms with E-state index >= 15 is 0 Å². The van der Waals surface area contributed by atoms with Gasteiger partial charge in [0.15, 0.2) is 5.96 Å². The van der Waals surface area contributed by atoms with Crippen LogP contribution in [-0.2, 0) is 10.0 Å². The average molecular weight is 292 g/mol. The third kappa shape index (κ3) is 12.0. The third-order valence-electron chi connectivity index (χ3n) is 2.61. The van der Waals surface area contributed by atoms with Crippen LogP contribution in [0.25, 0.3) is 0 Å². The molecule has 0 aromatic rings. The molecule has 19 heavy (non-hydrogen) atoms. The molecule has 0 spiro atoms. The predicted octanol–water partition coefficient (Wildman–Crippen LogP) is 0.799. The van der Waals surface area contributed by atoms with E-state index in [1.165, 1.54) is 19.3 Å². The van der Waals surface area contributed by atoms with Crippen LogP contribution >= 0.6 is 0 Å². The maximum absolute atomic E-state index is 10.8. The van der Waals surface area contributed by atoms with Crippen LogP contribution in [0.5, 0.6) is 0 Å². The van der Waals surface area contributed by atoms with Gasteiger partial charge in [-0.1, -0.05) is 26.2 Å². The van der Waals surface area contributed by atoms with E-state index in [0.29, 0.717) is 12.0 Å². The van der Waals surface area contributed by atoms with E-state index < -0.39 is 10.0 Å². The molecule has 4 N–H and O–H groups in total. The van der Waals surface area contributed by atoms with Crippen molar-refractivity contribution in [1.29, 1.82) is 0 Å². The Kier molecular flexibility index (Phi) is 9.59. The Morgan fingerprint density at radius 2 is 2.00 bits per heavy atom. The van der Waals surface area contributed by atoms with Crippen molar-refractivity contribution in [2.45, 2.75) is 52.5 Å². The largest absolute Gasteiger partial charge is 0.357 e. The molecule has 0 saturated heterocycles. The van der Waals surface area contributed by atoms with E-state index in [4.69, 9.17) is 5.14 Å². The zero-order valence-corrected chi connectivity index (χ0v) is 13.1. The highest BCUT2D eigenvalue weighted by Gasteiger charge is 2.06. The molecule has 7 heteroatoms. The van der Waals surface area contributed by atoms with Crippen molar-refractivity contribution in [1.82, 2.24) is 10.6 Å². The van der Waals surface area contributed by atoms with E-state index in [-0.39, 0.29) is 12.3 Å². The van der Waals surface area contributed by atoms with Crippen molar-refractivity contribution in [2.24, 2.45) is 10.1 Å². The van der Waals surface area contributed by atoms with Gasteiger partial charge in [-0.25, -0.2) is 13.6 Å². The number of hydrogen-bond acceptors (Lipinski definition) is 3. The molecule has 0 aromatic carbocycles. The minimum Gasteiger partial charge on any atom is -0.357 e. The topological polar surface area (TPSA) is 96.6 Å². The van der Waals surface area contributed by atoms with E-state index in [0.717, 1.165) is 13.0 Å². The molecule has 6 nitrogen and oxygen atoms in total. The second kappa shape index (κ2) is 10.0. The Balaban J connectivity index is 4.19. The number of nitrogens with two attached hydrogens (primary N) is 1. The number of hydrogen-bond donors (Lipinski definition) is 3. The summed E-state index contributed by atoms with van der Waals surface area (Å²) in [5.41, 5.74) is 0. The fraction of sp³-hybridized carbons (Fsp3) is 0.917. The van der Waals surface area contributed by atoms with Gasteiger partial charge in [-0.05, 0) is 20.3 Å². The van der Waals surface area contributed by atoms with Crippen molar-refractivity contribution in [2.75, 3.05) is 18.8 Å². The molecule has 0 bridgehead atoms. The molecule has 0 aliphatic carbocycles. The molecule has 0 aromatic heterocycles. The Bertz CT molecular complexity index is 355. The number of unbranched alkanes of at least 4 members (excludes halogenated alkanes) is 2. The number of primary sulfonamides is 1. The van der Waals surface area contributed by atoms with Crippen LogP contribution < -0.4 is 15.8 Å². The lowest BCUT2D eigenvalue weighted by Crippen LogP contribution is -2.42. The van der Waals surface area contributed by atoms with Crippen LogP contribution in [0.4, 0.5) is 0 Å². The van der Waals surface area contributed by atoms with Crippen molar-refractivity contribution in [3.63, 3.8) is 0 Å². The minimum absolute atomic E-state index is 0.131. The van der Waals surface area contributed by atoms with Gasteiger partial charge in [0.1, 0.15) is 0 Å². The minimum atomic E-state index is -3.44. The maximum atomic E-state index is 10.8. The van der Waals surface area contributed by atoms with E-state index in [1.54, 1.807) is 0 Å². The summed E-state index contributed by atoms with van der Waals surface area (Å²) in [5, 5.41) is 11.3. The smallest absolute Gasteiger partial charge is 0.210 e. The molecule has 1 unspecified atom stereocenters. The highest BCUT2D eigenvalue weighted by atomic mass is 32.2. The number of nitrogens with one attached hydrogen (secondary N) is 2. The van der Waals surface area contributed by atoms with Crippen molar-refractivity contribution < 1.29 is 8.42 Å². The summed E-state index contributed by atoms with van der Waals surface area (Å²) in [5.74, 6) is 0.517. The van der Waals surface area contributed by atoms with Gasteiger partial charge in [-0.3, -0.25) is 4.99 Å². The Labute approximate surface area is 117 Å². The second-order valence-electron chi connectivity index (χ2n) is 4.67. The van der Waals surface area contributed by atoms with Crippen molar-refractivity contribution in [3.8, 4) is 0 Å². The zero-order valence-electron chi connectivity index (χ0n) is 12.3. The molecule has 1 atom stereocenters. The highest BCUT2D eigenvalue weighted by Crippen LogP contribution is 2.02. The zero-order chi connectivity index (χ0) is 14.7. The van der Waals surface area contributed by atoms with Crippen molar-refractivity contribution in [3.05, 3.63) is 0 Å². The summed E-state index contributed by atoms with van der Waals surface area (Å²) in [7, 11) is -3.44. The first-order chi connectivity index (χ1) is 8.89. The molecular weight excluding hydrogens is 264 g/mol. The quantitative estimate of drug-likeness (QED) is 0.333. The molecular formula is C12H28N4O2S. The summed E-state index contributed by atoms with van der Waals surface area (Å²) in [6, 6.07) is 0.318. The second-order valence-corrected chi connectivity index (χ2v) is 6.40. The van der Waals surface area contributed by atoms with E-state index in [9.17, 15) is 8.42 Å². The van der Waals surface area contributed by atoms with Crippen LogP contribution in [0.15, 0.2) is 4.99 Å². The van der Waals surface area contributed by atoms with Crippen LogP contribution in [0.3, 0.4) is 0 Å². The van der Waals surface area contributed by atoms with Gasteiger partial charge in [0.25, 0.3) is 0 Å². The predicted molar refractivity (Wildman–Crippen MR) is 80.7 cm³/mol. The van der Waals surface area contributed by atoms with Crippen LogP contribution in [0.2, 0.25) is 0 Å². The fourth-order valence-corrected chi connectivity index (χ4v) is 1.96. The number of aliphatic imine (C=N–C) groups is 1. The SMILES string of the molecule is CCCCCC(C)NC(=NCCS(N)(=O)=O)NCC. The van der Waals surface area contributed by atoms with E-state index in [1.807, 2.05) is 6.92 Å². The number of rotatable bonds is 9. The first-order valence-corrected chi connectivity index (χ1v) is 8.66. The Morgan fingerprint density at radius 1 is 1.32 bits per heavy atom. The van der Waals surface area contributed by atoms with Gasteiger partial charge < -0.3 is 10.6 Å². The molecule has 0 fully saturated rings. The van der Waals surface area contributed by atoms with Crippen LogP contribution in [0.1, 0.15) is 46.5 Å². The first kappa shape index (κ1) is 18.2. The average Bonchev–Trinajstić information content (AvgIpc) is 2.27. The standard InChI is InChI=1S/C12H28N4O2S/c1-4-6-7-8-11(3)16-12(14-5-2)15-9-10-19(13,17)18/h11H,4-10H2,1-3H3,(H2,13,17,18)(H2,14,15,16). The summed E-state index contributed by atoms with van der Waals surface area (Å²) in [4.78, 5) is 4.20. The molecule has 0 amide bonds. The third-order valence-corrected chi connectivity index (χ3v) is 3.37. The molecule has 0 rings (SSSR count). The monoisotopic (exact) mass is 292 g/mol. The molecule has 0 radical (unpaired) electrons. The van der Waals surface area contributed by atoms with Gasteiger partial charge in [0.2, 0.25) is 10.0 Å². The number of sulfonamides is 1. The van der Waals surface area contributed by atoms with Crippen LogP contribution in [-0.4, -0.2) is 39.3 Å². The van der Waals surface area contributed by atoms with Gasteiger partial charge >= 0.3 is 0 Å². The lowest BCUT2D eigenvalue weighted by molar-refractivity contribution is 0.547. The summed E-state index contributed by atoms with van der Waals surface area (Å²) in [6.07, 6.45) is 4.69. The van der Waals surface area contributed by atoms with Gasteiger partial charge in [-0.2, -0.15) is 0 Å². The first-order valence-electron chi connectivity index (χ1n) is 6.94. The maximum Gasteiger partial charge on any atom is 0.210 e. The Morgan fingerprint density at radius 3 is 2.53 bits per heavy atom. The molecule has 114 valence electrons. The summed E-state index contributed by atoms with van der Waals surface area (Å²) >= 11 is 0. The summed E-state index contributed by atoms with van der Waals surface area (Å²) in [6.45, 7) is 7.16.